The lowest BCUT2D eigenvalue weighted by molar-refractivity contribution is -0.385. The second-order valence-electron chi connectivity index (χ2n) is 6.44. The highest BCUT2D eigenvalue weighted by Crippen LogP contribution is 2.44. The van der Waals surface area contributed by atoms with E-state index in [0.717, 1.165) is 24.3 Å². The number of hydrogen-bond donors (Lipinski definition) is 1. The number of nitrogens with zero attached hydrogens (tertiary/aromatic N) is 1. The molecule has 1 saturated carbocycles. The predicted molar refractivity (Wildman–Crippen MR) is 82.8 cm³/mol. The fraction of sp³-hybridized carbons (Fsp3) is 0.625. The third-order valence-electron chi connectivity index (χ3n) is 4.59. The summed E-state index contributed by atoms with van der Waals surface area (Å²) in [5.41, 5.74) is 1.67. The van der Waals surface area contributed by atoms with Gasteiger partial charge in [0.15, 0.2) is 0 Å². The maximum atomic E-state index is 10.9. The van der Waals surface area contributed by atoms with Crippen molar-refractivity contribution in [3.8, 4) is 5.75 Å². The molecule has 116 valence electrons. The second-order valence-corrected chi connectivity index (χ2v) is 6.44. The van der Waals surface area contributed by atoms with Gasteiger partial charge in [-0.3, -0.25) is 10.1 Å². The largest absolute Gasteiger partial charge is 0.489 e. The Morgan fingerprint density at radius 3 is 2.57 bits per heavy atom. The molecular weight excluding hydrogens is 268 g/mol. The molecule has 5 nitrogen and oxygen atoms in total. The molecule has 0 bridgehead atoms. The number of nitrogens with one attached hydrogen (secondary N) is 1. The van der Waals surface area contributed by atoms with Gasteiger partial charge in [0.25, 0.3) is 5.69 Å². The Hall–Kier alpha value is -1.62. The van der Waals surface area contributed by atoms with E-state index in [2.05, 4.69) is 26.1 Å². The van der Waals surface area contributed by atoms with Crippen LogP contribution in [0.2, 0.25) is 0 Å². The van der Waals surface area contributed by atoms with Gasteiger partial charge in [0.1, 0.15) is 11.9 Å². The summed E-state index contributed by atoms with van der Waals surface area (Å²) in [6, 6.07) is 3.84. The Kier molecular flexibility index (Phi) is 4.23. The van der Waals surface area contributed by atoms with Gasteiger partial charge in [-0.1, -0.05) is 20.8 Å². The van der Waals surface area contributed by atoms with Crippen LogP contribution in [0.3, 0.4) is 0 Å². The van der Waals surface area contributed by atoms with Crippen molar-refractivity contribution in [2.75, 3.05) is 6.54 Å². The van der Waals surface area contributed by atoms with E-state index in [4.69, 9.17) is 4.74 Å². The lowest BCUT2D eigenvalue weighted by Crippen LogP contribution is -2.62. The van der Waals surface area contributed by atoms with Crippen molar-refractivity contribution in [2.45, 2.75) is 53.2 Å². The number of benzene rings is 1. The van der Waals surface area contributed by atoms with E-state index < -0.39 is 0 Å². The number of hydrogen-bond acceptors (Lipinski definition) is 4. The van der Waals surface area contributed by atoms with Crippen LogP contribution in [0.15, 0.2) is 12.1 Å². The molecule has 0 radical (unpaired) electrons. The molecule has 0 aliphatic heterocycles. The van der Waals surface area contributed by atoms with Crippen LogP contribution in [0.4, 0.5) is 5.69 Å². The second kappa shape index (κ2) is 5.64. The van der Waals surface area contributed by atoms with Gasteiger partial charge < -0.3 is 10.1 Å². The van der Waals surface area contributed by atoms with Crippen molar-refractivity contribution >= 4 is 5.69 Å². The summed E-state index contributed by atoms with van der Waals surface area (Å²) in [5.74, 6) is 0.756. The normalized spacial score (nSPS) is 23.5. The minimum Gasteiger partial charge on any atom is -0.489 e. The third kappa shape index (κ3) is 2.88. The van der Waals surface area contributed by atoms with E-state index in [-0.39, 0.29) is 22.1 Å². The summed E-state index contributed by atoms with van der Waals surface area (Å²) in [7, 11) is 0. The molecular formula is C16H24N2O3. The topological polar surface area (TPSA) is 64.4 Å². The molecule has 2 rings (SSSR count). The first-order valence-corrected chi connectivity index (χ1v) is 7.43. The summed E-state index contributed by atoms with van der Waals surface area (Å²) >= 11 is 0. The highest BCUT2D eigenvalue weighted by atomic mass is 16.6. The first kappa shape index (κ1) is 15.8. The van der Waals surface area contributed by atoms with Crippen LogP contribution in [-0.4, -0.2) is 23.6 Å². The standard InChI is InChI=1S/C16H24N2O3/c1-6-17-14-9-15(16(14,4)5)21-13-8-10(2)12(18(19)20)7-11(13)3/h7-8,14-15,17H,6,9H2,1-5H3. The zero-order valence-corrected chi connectivity index (χ0v) is 13.4. The van der Waals surface area contributed by atoms with E-state index in [1.807, 2.05) is 6.92 Å². The van der Waals surface area contributed by atoms with Crippen molar-refractivity contribution in [2.24, 2.45) is 5.41 Å². The van der Waals surface area contributed by atoms with Gasteiger partial charge in [-0.25, -0.2) is 0 Å². The molecule has 5 heteroatoms. The van der Waals surface area contributed by atoms with Crippen molar-refractivity contribution in [3.05, 3.63) is 33.4 Å². The van der Waals surface area contributed by atoms with Crippen molar-refractivity contribution in [1.82, 2.24) is 5.32 Å². The van der Waals surface area contributed by atoms with Crippen LogP contribution >= 0.6 is 0 Å². The van der Waals surface area contributed by atoms with Crippen LogP contribution in [-0.2, 0) is 0 Å². The van der Waals surface area contributed by atoms with Crippen LogP contribution in [0.5, 0.6) is 5.75 Å². The van der Waals surface area contributed by atoms with E-state index in [9.17, 15) is 10.1 Å². The minimum absolute atomic E-state index is 0.0676. The number of nitro groups is 1. The number of nitro benzene ring substituents is 1. The monoisotopic (exact) mass is 292 g/mol. The Morgan fingerprint density at radius 1 is 1.38 bits per heavy atom. The molecule has 0 aromatic heterocycles. The van der Waals surface area contributed by atoms with E-state index in [0.29, 0.717) is 11.6 Å². The number of aryl methyl sites for hydroxylation is 2. The fourth-order valence-electron chi connectivity index (χ4n) is 2.93. The molecule has 1 aromatic carbocycles. The van der Waals surface area contributed by atoms with Gasteiger partial charge in [0, 0.05) is 29.5 Å². The van der Waals surface area contributed by atoms with Crippen LogP contribution in [0, 0.1) is 29.4 Å². The van der Waals surface area contributed by atoms with E-state index in [1.165, 1.54) is 0 Å². The molecule has 21 heavy (non-hydrogen) atoms. The summed E-state index contributed by atoms with van der Waals surface area (Å²) in [5, 5.41) is 14.4. The van der Waals surface area contributed by atoms with Gasteiger partial charge in [0.05, 0.1) is 4.92 Å². The molecule has 1 aromatic rings. The zero-order valence-electron chi connectivity index (χ0n) is 13.4. The highest BCUT2D eigenvalue weighted by Gasteiger charge is 2.49. The quantitative estimate of drug-likeness (QED) is 0.667. The average molecular weight is 292 g/mol. The van der Waals surface area contributed by atoms with Crippen LogP contribution in [0.25, 0.3) is 0 Å². The van der Waals surface area contributed by atoms with Crippen LogP contribution < -0.4 is 10.1 Å². The molecule has 2 atom stereocenters. The van der Waals surface area contributed by atoms with Crippen molar-refractivity contribution in [1.29, 1.82) is 0 Å². The molecule has 0 amide bonds. The number of ether oxygens (including phenoxy) is 1. The molecule has 1 N–H and O–H groups in total. The Balaban J connectivity index is 2.15. The average Bonchev–Trinajstić information content (AvgIpc) is 2.40. The maximum Gasteiger partial charge on any atom is 0.272 e. The summed E-state index contributed by atoms with van der Waals surface area (Å²) in [4.78, 5) is 10.6. The van der Waals surface area contributed by atoms with Gasteiger partial charge in [-0.15, -0.1) is 0 Å². The highest BCUT2D eigenvalue weighted by molar-refractivity contribution is 5.49. The summed E-state index contributed by atoms with van der Waals surface area (Å²) in [6.07, 6.45) is 1.11. The molecule has 0 spiro atoms. The summed E-state index contributed by atoms with van der Waals surface area (Å²) in [6.45, 7) is 11.1. The Bertz CT molecular complexity index is 555. The smallest absolute Gasteiger partial charge is 0.272 e. The van der Waals surface area contributed by atoms with Crippen molar-refractivity contribution in [3.63, 3.8) is 0 Å². The van der Waals surface area contributed by atoms with Crippen LogP contribution in [0.1, 0.15) is 38.3 Å². The molecule has 1 aliphatic rings. The first-order chi connectivity index (χ1) is 9.77. The van der Waals surface area contributed by atoms with Gasteiger partial charge in [0.2, 0.25) is 0 Å². The lowest BCUT2D eigenvalue weighted by atomic mass is 9.64. The number of rotatable bonds is 5. The molecule has 1 fully saturated rings. The lowest BCUT2D eigenvalue weighted by Gasteiger charge is -2.51. The van der Waals surface area contributed by atoms with Gasteiger partial charge in [-0.2, -0.15) is 0 Å². The zero-order chi connectivity index (χ0) is 15.8. The van der Waals surface area contributed by atoms with Gasteiger partial charge >= 0.3 is 0 Å². The van der Waals surface area contributed by atoms with Gasteiger partial charge in [-0.05, 0) is 32.0 Å². The van der Waals surface area contributed by atoms with E-state index in [1.54, 1.807) is 19.1 Å². The van der Waals surface area contributed by atoms with Crippen molar-refractivity contribution < 1.29 is 9.66 Å². The minimum atomic E-state index is -0.347. The maximum absolute atomic E-state index is 10.9. The third-order valence-corrected chi connectivity index (χ3v) is 4.59. The molecule has 0 saturated heterocycles. The fourth-order valence-corrected chi connectivity index (χ4v) is 2.93. The summed E-state index contributed by atoms with van der Waals surface area (Å²) < 4.78 is 6.13. The SMILES string of the molecule is CCNC1CC(Oc2cc(C)c([N+](=O)[O-])cc2C)C1(C)C. The van der Waals surface area contributed by atoms with E-state index >= 15 is 0 Å². The Labute approximate surface area is 125 Å². The molecule has 2 unspecified atom stereocenters. The first-order valence-electron chi connectivity index (χ1n) is 7.43. The molecule has 0 heterocycles. The Morgan fingerprint density at radius 2 is 2.05 bits per heavy atom. The predicted octanol–water partition coefficient (Wildman–Crippen LogP) is 3.37. The molecule has 1 aliphatic carbocycles.